The summed E-state index contributed by atoms with van der Waals surface area (Å²) in [5, 5.41) is 7.05. The average Bonchev–Trinajstić information content (AvgIpc) is 2.99. The molecule has 0 saturated heterocycles. The topological polar surface area (TPSA) is 85.8 Å². The highest BCUT2D eigenvalue weighted by atomic mass is 16.2. The van der Waals surface area contributed by atoms with Crippen molar-refractivity contribution in [3.8, 4) is 5.82 Å². The summed E-state index contributed by atoms with van der Waals surface area (Å²) >= 11 is 0. The number of nitrogens with two attached hydrogens (primary N) is 1. The number of carbonyl (C=O) groups is 1. The fraction of sp³-hybridized carbons (Fsp3) is 0.400. The summed E-state index contributed by atoms with van der Waals surface area (Å²) in [6.45, 7) is 4.14. The Hall–Kier alpha value is -2.21. The van der Waals surface area contributed by atoms with Crippen LogP contribution in [0.4, 0.5) is 0 Å². The predicted octanol–water partition coefficient (Wildman–Crippen LogP) is 1.40. The van der Waals surface area contributed by atoms with Gasteiger partial charge in [0, 0.05) is 30.7 Å². The minimum absolute atomic E-state index is 0.153. The number of rotatable bonds is 6. The fourth-order valence-corrected chi connectivity index (χ4v) is 2.18. The monoisotopic (exact) mass is 287 g/mol. The second-order valence-corrected chi connectivity index (χ2v) is 5.29. The maximum absolute atomic E-state index is 12.1. The van der Waals surface area contributed by atoms with E-state index in [0.717, 1.165) is 12.0 Å². The number of hydrogen-bond donors (Lipinski definition) is 2. The van der Waals surface area contributed by atoms with Crippen molar-refractivity contribution >= 4 is 5.91 Å². The van der Waals surface area contributed by atoms with Crippen LogP contribution in [-0.4, -0.2) is 26.2 Å². The lowest BCUT2D eigenvalue weighted by molar-refractivity contribution is -0.126. The maximum Gasteiger partial charge on any atom is 0.240 e. The van der Waals surface area contributed by atoms with Gasteiger partial charge >= 0.3 is 0 Å². The lowest BCUT2D eigenvalue weighted by atomic mass is 9.96. The summed E-state index contributed by atoms with van der Waals surface area (Å²) in [4.78, 5) is 16.5. The summed E-state index contributed by atoms with van der Waals surface area (Å²) < 4.78 is 1.68. The number of nitrogens with one attached hydrogen (secondary N) is 1. The van der Waals surface area contributed by atoms with Crippen LogP contribution in [0.1, 0.15) is 32.3 Å². The van der Waals surface area contributed by atoms with Crippen LogP contribution in [0.25, 0.3) is 5.82 Å². The first-order chi connectivity index (χ1) is 10.0. The van der Waals surface area contributed by atoms with E-state index in [4.69, 9.17) is 5.73 Å². The largest absolute Gasteiger partial charge is 0.350 e. The molecule has 6 nitrogen and oxygen atoms in total. The highest BCUT2D eigenvalue weighted by molar-refractivity contribution is 5.85. The number of pyridine rings is 1. The van der Waals surface area contributed by atoms with Gasteiger partial charge in [0.05, 0.1) is 5.54 Å². The van der Waals surface area contributed by atoms with Crippen LogP contribution in [-0.2, 0) is 11.3 Å². The molecule has 3 N–H and O–H groups in total. The van der Waals surface area contributed by atoms with Crippen molar-refractivity contribution in [3.63, 3.8) is 0 Å². The number of amides is 1. The standard InChI is InChI=1S/C15H21N5O/c1-3-7-15(2,16)14(21)18-11-12-6-4-8-17-13(12)20-10-5-9-19-20/h4-6,8-10H,3,7,11,16H2,1-2H3,(H,18,21). The lowest BCUT2D eigenvalue weighted by Crippen LogP contribution is -2.51. The Morgan fingerprint density at radius 1 is 1.43 bits per heavy atom. The molecule has 2 aromatic heterocycles. The second kappa shape index (κ2) is 6.49. The molecular weight excluding hydrogens is 266 g/mol. The van der Waals surface area contributed by atoms with E-state index in [-0.39, 0.29) is 5.91 Å². The van der Waals surface area contributed by atoms with E-state index in [9.17, 15) is 4.79 Å². The minimum atomic E-state index is -0.844. The molecule has 21 heavy (non-hydrogen) atoms. The van der Waals surface area contributed by atoms with Gasteiger partial charge in [-0.2, -0.15) is 5.10 Å². The number of hydrogen-bond acceptors (Lipinski definition) is 4. The molecule has 1 unspecified atom stereocenters. The molecule has 1 amide bonds. The van der Waals surface area contributed by atoms with Crippen LogP contribution in [0.3, 0.4) is 0 Å². The Balaban J connectivity index is 2.09. The Morgan fingerprint density at radius 2 is 2.24 bits per heavy atom. The number of aromatic nitrogens is 3. The van der Waals surface area contributed by atoms with Gasteiger partial charge in [-0.25, -0.2) is 9.67 Å². The van der Waals surface area contributed by atoms with Gasteiger partial charge in [-0.3, -0.25) is 4.79 Å². The molecule has 2 aromatic rings. The Morgan fingerprint density at radius 3 is 2.90 bits per heavy atom. The Kier molecular flexibility index (Phi) is 4.70. The van der Waals surface area contributed by atoms with Crippen molar-refractivity contribution < 1.29 is 4.79 Å². The smallest absolute Gasteiger partial charge is 0.240 e. The summed E-state index contributed by atoms with van der Waals surface area (Å²) in [6.07, 6.45) is 6.73. The van der Waals surface area contributed by atoms with Crippen molar-refractivity contribution in [3.05, 3.63) is 42.4 Å². The molecule has 0 aliphatic rings. The molecule has 112 valence electrons. The zero-order valence-corrected chi connectivity index (χ0v) is 12.4. The van der Waals surface area contributed by atoms with Crippen LogP contribution in [0.15, 0.2) is 36.8 Å². The van der Waals surface area contributed by atoms with Crippen molar-refractivity contribution in [1.29, 1.82) is 0 Å². The molecule has 6 heteroatoms. The van der Waals surface area contributed by atoms with Gasteiger partial charge < -0.3 is 11.1 Å². The molecule has 2 heterocycles. The molecular formula is C15H21N5O. The normalized spacial score (nSPS) is 13.7. The molecule has 0 aromatic carbocycles. The lowest BCUT2D eigenvalue weighted by Gasteiger charge is -2.23. The zero-order chi connectivity index (χ0) is 15.3. The summed E-state index contributed by atoms with van der Waals surface area (Å²) in [5.41, 5.74) is 6.07. The van der Waals surface area contributed by atoms with Crippen molar-refractivity contribution in [2.45, 2.75) is 38.8 Å². The zero-order valence-electron chi connectivity index (χ0n) is 12.4. The SMILES string of the molecule is CCCC(C)(N)C(=O)NCc1cccnc1-n1cccn1. The highest BCUT2D eigenvalue weighted by Gasteiger charge is 2.26. The number of nitrogens with zero attached hydrogens (tertiary/aromatic N) is 3. The van der Waals surface area contributed by atoms with Gasteiger partial charge in [-0.05, 0) is 25.5 Å². The summed E-state index contributed by atoms with van der Waals surface area (Å²) in [5.74, 6) is 0.552. The van der Waals surface area contributed by atoms with E-state index in [0.29, 0.717) is 18.8 Å². The molecule has 0 aliphatic carbocycles. The van der Waals surface area contributed by atoms with Gasteiger partial charge in [-0.15, -0.1) is 0 Å². The third kappa shape index (κ3) is 3.66. The first-order valence-corrected chi connectivity index (χ1v) is 7.05. The van der Waals surface area contributed by atoms with Gasteiger partial charge in [0.15, 0.2) is 5.82 Å². The van der Waals surface area contributed by atoms with E-state index < -0.39 is 5.54 Å². The van der Waals surface area contributed by atoms with E-state index in [2.05, 4.69) is 15.4 Å². The van der Waals surface area contributed by atoms with Crippen LogP contribution >= 0.6 is 0 Å². The van der Waals surface area contributed by atoms with E-state index >= 15 is 0 Å². The molecule has 0 radical (unpaired) electrons. The van der Waals surface area contributed by atoms with Gasteiger partial charge in [0.1, 0.15) is 0 Å². The first-order valence-electron chi connectivity index (χ1n) is 7.05. The summed E-state index contributed by atoms with van der Waals surface area (Å²) in [7, 11) is 0. The van der Waals surface area contributed by atoms with Gasteiger partial charge in [-0.1, -0.05) is 19.4 Å². The Bertz CT molecular complexity index is 592. The second-order valence-electron chi connectivity index (χ2n) is 5.29. The first kappa shape index (κ1) is 15.2. The molecule has 0 aliphatic heterocycles. The predicted molar refractivity (Wildman–Crippen MR) is 80.7 cm³/mol. The maximum atomic E-state index is 12.1. The van der Waals surface area contributed by atoms with Gasteiger partial charge in [0.2, 0.25) is 5.91 Å². The van der Waals surface area contributed by atoms with E-state index in [1.54, 1.807) is 24.0 Å². The van der Waals surface area contributed by atoms with Crippen LogP contribution in [0.5, 0.6) is 0 Å². The minimum Gasteiger partial charge on any atom is -0.350 e. The average molecular weight is 287 g/mol. The highest BCUT2D eigenvalue weighted by Crippen LogP contribution is 2.12. The van der Waals surface area contributed by atoms with E-state index in [1.165, 1.54) is 0 Å². The third-order valence-corrected chi connectivity index (χ3v) is 3.32. The van der Waals surface area contributed by atoms with Crippen LogP contribution in [0, 0.1) is 0 Å². The quantitative estimate of drug-likeness (QED) is 0.841. The van der Waals surface area contributed by atoms with E-state index in [1.807, 2.05) is 31.3 Å². The molecule has 0 spiro atoms. The van der Waals surface area contributed by atoms with Crippen molar-refractivity contribution in [1.82, 2.24) is 20.1 Å². The molecule has 1 atom stereocenters. The Labute approximate surface area is 124 Å². The molecule has 0 saturated carbocycles. The molecule has 2 rings (SSSR count). The fourth-order valence-electron chi connectivity index (χ4n) is 2.18. The number of carbonyl (C=O) groups excluding carboxylic acids is 1. The van der Waals surface area contributed by atoms with Crippen LogP contribution in [0.2, 0.25) is 0 Å². The molecule has 0 bridgehead atoms. The van der Waals surface area contributed by atoms with Crippen molar-refractivity contribution in [2.75, 3.05) is 0 Å². The van der Waals surface area contributed by atoms with Gasteiger partial charge in [0.25, 0.3) is 0 Å². The summed E-state index contributed by atoms with van der Waals surface area (Å²) in [6, 6.07) is 5.58. The van der Waals surface area contributed by atoms with Crippen LogP contribution < -0.4 is 11.1 Å². The third-order valence-electron chi connectivity index (χ3n) is 3.32. The van der Waals surface area contributed by atoms with Crippen molar-refractivity contribution in [2.24, 2.45) is 5.73 Å². The molecule has 0 fully saturated rings.